The van der Waals surface area contributed by atoms with E-state index in [0.717, 1.165) is 45.4 Å². The van der Waals surface area contributed by atoms with Gasteiger partial charge in [0.15, 0.2) is 0 Å². The maximum Gasteiger partial charge on any atom is 0.326 e. The minimum Gasteiger partial charge on any atom is -0.465 e. The SMILES string of the molecule is CCOC(=O)C1(NCCN(CC)CC)CCCC1C. The number of nitrogens with zero attached hydrogens (tertiary/aromatic N) is 1. The fourth-order valence-electron chi connectivity index (χ4n) is 3.05. The predicted octanol–water partition coefficient (Wildman–Crippen LogP) is 2.04. The zero-order valence-electron chi connectivity index (χ0n) is 13.0. The Morgan fingerprint density at radius 2 is 2.05 bits per heavy atom. The lowest BCUT2D eigenvalue weighted by atomic mass is 9.88. The fourth-order valence-corrected chi connectivity index (χ4v) is 3.05. The van der Waals surface area contributed by atoms with E-state index in [-0.39, 0.29) is 5.97 Å². The van der Waals surface area contributed by atoms with E-state index in [4.69, 9.17) is 4.74 Å². The summed E-state index contributed by atoms with van der Waals surface area (Å²) in [5, 5.41) is 3.51. The Morgan fingerprint density at radius 3 is 2.53 bits per heavy atom. The first-order chi connectivity index (χ1) is 9.10. The molecule has 0 aromatic carbocycles. The average Bonchev–Trinajstić information content (AvgIpc) is 2.78. The maximum atomic E-state index is 12.3. The Kier molecular flexibility index (Phi) is 6.80. The lowest BCUT2D eigenvalue weighted by Gasteiger charge is -2.33. The third-order valence-corrected chi connectivity index (χ3v) is 4.45. The number of carbonyl (C=O) groups excluding carboxylic acids is 1. The summed E-state index contributed by atoms with van der Waals surface area (Å²) in [6.45, 7) is 12.8. The normalized spacial score (nSPS) is 26.9. The molecule has 1 rings (SSSR count). The second-order valence-corrected chi connectivity index (χ2v) is 5.44. The average molecular weight is 270 g/mol. The first-order valence-corrected chi connectivity index (χ1v) is 7.75. The highest BCUT2D eigenvalue weighted by Gasteiger charge is 2.47. The second kappa shape index (κ2) is 7.85. The Hall–Kier alpha value is -0.610. The third kappa shape index (κ3) is 3.93. The molecule has 0 aromatic rings. The molecule has 4 nitrogen and oxygen atoms in total. The van der Waals surface area contributed by atoms with E-state index in [1.807, 2.05) is 6.92 Å². The van der Waals surface area contributed by atoms with Crippen molar-refractivity contribution in [2.75, 3.05) is 32.8 Å². The van der Waals surface area contributed by atoms with Crippen molar-refractivity contribution in [2.45, 2.75) is 52.5 Å². The van der Waals surface area contributed by atoms with Gasteiger partial charge >= 0.3 is 5.97 Å². The van der Waals surface area contributed by atoms with Gasteiger partial charge in [0.05, 0.1) is 6.61 Å². The summed E-state index contributed by atoms with van der Waals surface area (Å²) >= 11 is 0. The molecule has 1 fully saturated rings. The molecular formula is C15H30N2O2. The molecule has 4 heteroatoms. The van der Waals surface area contributed by atoms with Gasteiger partial charge in [-0.15, -0.1) is 0 Å². The molecule has 1 aliphatic carbocycles. The van der Waals surface area contributed by atoms with Crippen LogP contribution in [-0.2, 0) is 9.53 Å². The van der Waals surface area contributed by atoms with Crippen molar-refractivity contribution >= 4 is 5.97 Å². The minimum absolute atomic E-state index is 0.0560. The summed E-state index contributed by atoms with van der Waals surface area (Å²) < 4.78 is 5.29. The zero-order chi connectivity index (χ0) is 14.3. The number of hydrogen-bond donors (Lipinski definition) is 1. The molecule has 19 heavy (non-hydrogen) atoms. The Bertz CT molecular complexity index is 279. The van der Waals surface area contributed by atoms with E-state index in [1.165, 1.54) is 0 Å². The maximum absolute atomic E-state index is 12.3. The summed E-state index contributed by atoms with van der Waals surface area (Å²) in [7, 11) is 0. The van der Waals surface area contributed by atoms with Gasteiger partial charge in [0.1, 0.15) is 5.54 Å². The highest BCUT2D eigenvalue weighted by molar-refractivity contribution is 5.81. The van der Waals surface area contributed by atoms with Gasteiger partial charge in [-0.1, -0.05) is 27.2 Å². The largest absolute Gasteiger partial charge is 0.465 e. The van der Waals surface area contributed by atoms with Gasteiger partial charge in [0.25, 0.3) is 0 Å². The van der Waals surface area contributed by atoms with E-state index >= 15 is 0 Å². The van der Waals surface area contributed by atoms with Crippen molar-refractivity contribution in [3.63, 3.8) is 0 Å². The molecule has 0 aliphatic heterocycles. The molecule has 0 spiro atoms. The summed E-state index contributed by atoms with van der Waals surface area (Å²) in [6, 6.07) is 0. The summed E-state index contributed by atoms with van der Waals surface area (Å²) in [4.78, 5) is 14.7. The van der Waals surface area contributed by atoms with E-state index < -0.39 is 5.54 Å². The van der Waals surface area contributed by atoms with Crippen molar-refractivity contribution in [1.29, 1.82) is 0 Å². The Labute approximate surface area is 117 Å². The smallest absolute Gasteiger partial charge is 0.326 e. The number of nitrogens with one attached hydrogen (secondary N) is 1. The molecule has 0 bridgehead atoms. The van der Waals surface area contributed by atoms with Crippen LogP contribution in [0.3, 0.4) is 0 Å². The summed E-state index contributed by atoms with van der Waals surface area (Å²) in [5.41, 5.74) is -0.441. The molecule has 1 saturated carbocycles. The highest BCUT2D eigenvalue weighted by atomic mass is 16.5. The lowest BCUT2D eigenvalue weighted by Crippen LogP contribution is -2.56. The molecule has 2 atom stereocenters. The number of esters is 1. The van der Waals surface area contributed by atoms with Crippen molar-refractivity contribution in [1.82, 2.24) is 10.2 Å². The number of carbonyl (C=O) groups is 1. The van der Waals surface area contributed by atoms with Crippen LogP contribution in [0.25, 0.3) is 0 Å². The number of hydrogen-bond acceptors (Lipinski definition) is 4. The Balaban J connectivity index is 2.58. The molecule has 1 N–H and O–H groups in total. The van der Waals surface area contributed by atoms with Gasteiger partial charge < -0.3 is 15.0 Å². The van der Waals surface area contributed by atoms with Gasteiger partial charge in [0, 0.05) is 13.1 Å². The molecule has 2 unspecified atom stereocenters. The van der Waals surface area contributed by atoms with Crippen LogP contribution >= 0.6 is 0 Å². The van der Waals surface area contributed by atoms with Gasteiger partial charge in [-0.2, -0.15) is 0 Å². The lowest BCUT2D eigenvalue weighted by molar-refractivity contribution is -0.152. The molecule has 0 amide bonds. The van der Waals surface area contributed by atoms with Crippen LogP contribution < -0.4 is 5.32 Å². The number of rotatable bonds is 8. The van der Waals surface area contributed by atoms with E-state index in [2.05, 4.69) is 31.0 Å². The van der Waals surface area contributed by atoms with Crippen LogP contribution in [0.2, 0.25) is 0 Å². The second-order valence-electron chi connectivity index (χ2n) is 5.44. The highest BCUT2D eigenvalue weighted by Crippen LogP contribution is 2.36. The van der Waals surface area contributed by atoms with Crippen LogP contribution in [0.5, 0.6) is 0 Å². The molecule has 0 saturated heterocycles. The van der Waals surface area contributed by atoms with Crippen LogP contribution in [0.15, 0.2) is 0 Å². The van der Waals surface area contributed by atoms with Gasteiger partial charge in [-0.05, 0) is 38.8 Å². The van der Waals surface area contributed by atoms with Gasteiger partial charge in [-0.25, -0.2) is 0 Å². The third-order valence-electron chi connectivity index (χ3n) is 4.45. The minimum atomic E-state index is -0.441. The van der Waals surface area contributed by atoms with Crippen molar-refractivity contribution < 1.29 is 9.53 Å². The topological polar surface area (TPSA) is 41.6 Å². The zero-order valence-corrected chi connectivity index (χ0v) is 13.0. The van der Waals surface area contributed by atoms with Crippen LogP contribution in [0, 0.1) is 5.92 Å². The predicted molar refractivity (Wildman–Crippen MR) is 78.2 cm³/mol. The van der Waals surface area contributed by atoms with Gasteiger partial charge in [0.2, 0.25) is 0 Å². The van der Waals surface area contributed by atoms with Crippen LogP contribution in [-0.4, -0.2) is 49.2 Å². The molecule has 0 aromatic heterocycles. The summed E-state index contributed by atoms with van der Waals surface area (Å²) in [5.74, 6) is 0.308. The monoisotopic (exact) mass is 270 g/mol. The molecular weight excluding hydrogens is 240 g/mol. The first kappa shape index (κ1) is 16.4. The van der Waals surface area contributed by atoms with Gasteiger partial charge in [-0.3, -0.25) is 4.79 Å². The van der Waals surface area contributed by atoms with E-state index in [1.54, 1.807) is 0 Å². The molecule has 1 aliphatic rings. The first-order valence-electron chi connectivity index (χ1n) is 7.75. The molecule has 0 radical (unpaired) electrons. The number of likely N-dealkylation sites (N-methyl/N-ethyl adjacent to an activating group) is 1. The standard InChI is InChI=1S/C15H30N2O2/c1-5-17(6-2)12-11-16-15(14(18)19-7-3)10-8-9-13(15)4/h13,16H,5-12H2,1-4H3. The number of ether oxygens (including phenoxy) is 1. The van der Waals surface area contributed by atoms with Crippen molar-refractivity contribution in [3.8, 4) is 0 Å². The van der Waals surface area contributed by atoms with Crippen LogP contribution in [0.4, 0.5) is 0 Å². The quantitative estimate of drug-likeness (QED) is 0.685. The van der Waals surface area contributed by atoms with Crippen LogP contribution in [0.1, 0.15) is 47.0 Å². The fraction of sp³-hybridized carbons (Fsp3) is 0.933. The Morgan fingerprint density at radius 1 is 1.37 bits per heavy atom. The molecule has 112 valence electrons. The van der Waals surface area contributed by atoms with E-state index in [9.17, 15) is 4.79 Å². The summed E-state index contributed by atoms with van der Waals surface area (Å²) in [6.07, 6.45) is 3.13. The van der Waals surface area contributed by atoms with E-state index in [0.29, 0.717) is 12.5 Å². The molecule has 0 heterocycles. The van der Waals surface area contributed by atoms with Crippen molar-refractivity contribution in [3.05, 3.63) is 0 Å². The van der Waals surface area contributed by atoms with Crippen molar-refractivity contribution in [2.24, 2.45) is 5.92 Å².